The summed E-state index contributed by atoms with van der Waals surface area (Å²) in [5.41, 5.74) is 2.69. The lowest BCUT2D eigenvalue weighted by Crippen LogP contribution is -2.01. The van der Waals surface area contributed by atoms with E-state index >= 15 is 0 Å². The third kappa shape index (κ3) is 3.96. The first-order valence-electron chi connectivity index (χ1n) is 7.76. The number of fused-ring (bicyclic) bond motifs is 1. The van der Waals surface area contributed by atoms with Gasteiger partial charge in [-0.3, -0.25) is 0 Å². The Labute approximate surface area is 140 Å². The molecule has 3 aromatic rings. The van der Waals surface area contributed by atoms with Crippen LogP contribution < -0.4 is 4.74 Å². The third-order valence-corrected chi connectivity index (χ3v) is 3.81. The fraction of sp³-hybridized carbons (Fsp3) is 0.278. The average Bonchev–Trinajstić information content (AvgIpc) is 2.57. The topological polar surface area (TPSA) is 47.9 Å². The zero-order valence-electron chi connectivity index (χ0n) is 13.0. The minimum Gasteiger partial charge on any atom is -0.492 e. The van der Waals surface area contributed by atoms with Gasteiger partial charge in [0.15, 0.2) is 5.82 Å². The van der Waals surface area contributed by atoms with Crippen LogP contribution >= 0.6 is 11.6 Å². The van der Waals surface area contributed by atoms with Gasteiger partial charge in [-0.25, -0.2) is 4.98 Å². The van der Waals surface area contributed by atoms with Crippen molar-refractivity contribution in [1.29, 1.82) is 0 Å². The maximum Gasteiger partial charge on any atom is 0.156 e. The van der Waals surface area contributed by atoms with Crippen molar-refractivity contribution in [1.82, 2.24) is 15.2 Å². The van der Waals surface area contributed by atoms with Crippen LogP contribution in [-0.4, -0.2) is 21.8 Å². The van der Waals surface area contributed by atoms with Crippen LogP contribution in [0.4, 0.5) is 0 Å². The maximum atomic E-state index is 6.29. The summed E-state index contributed by atoms with van der Waals surface area (Å²) in [6, 6.07) is 13.5. The van der Waals surface area contributed by atoms with E-state index in [0.29, 0.717) is 23.9 Å². The molecule has 0 bridgehead atoms. The summed E-state index contributed by atoms with van der Waals surface area (Å²) in [7, 11) is 0. The first kappa shape index (κ1) is 15.7. The number of aromatic nitrogens is 3. The van der Waals surface area contributed by atoms with Crippen molar-refractivity contribution >= 4 is 22.6 Å². The summed E-state index contributed by atoms with van der Waals surface area (Å²) in [6.07, 6.45) is 2.71. The van der Waals surface area contributed by atoms with E-state index in [-0.39, 0.29) is 0 Å². The molecule has 1 heterocycles. The number of hydrogen-bond donors (Lipinski definition) is 0. The van der Waals surface area contributed by atoms with Gasteiger partial charge in [-0.1, -0.05) is 43.1 Å². The molecule has 0 saturated heterocycles. The molecule has 0 unspecified atom stereocenters. The monoisotopic (exact) mass is 327 g/mol. The molecule has 0 saturated carbocycles. The number of para-hydroxylation sites is 1. The summed E-state index contributed by atoms with van der Waals surface area (Å²) in [6.45, 7) is 2.82. The summed E-state index contributed by atoms with van der Waals surface area (Å²) in [5.74, 6) is 1.40. The molecular weight excluding hydrogens is 310 g/mol. The lowest BCUT2D eigenvalue weighted by atomic mass is 10.1. The minimum atomic E-state index is 0.590. The van der Waals surface area contributed by atoms with Gasteiger partial charge in [0, 0.05) is 6.42 Å². The highest BCUT2D eigenvalue weighted by Gasteiger charge is 2.07. The van der Waals surface area contributed by atoms with Gasteiger partial charge in [0.25, 0.3) is 0 Å². The first-order valence-corrected chi connectivity index (χ1v) is 8.13. The van der Waals surface area contributed by atoms with E-state index < -0.39 is 0 Å². The molecule has 0 amide bonds. The van der Waals surface area contributed by atoms with Gasteiger partial charge in [0.1, 0.15) is 11.3 Å². The van der Waals surface area contributed by atoms with Gasteiger partial charge in [-0.05, 0) is 36.2 Å². The third-order valence-electron chi connectivity index (χ3n) is 3.52. The first-order chi connectivity index (χ1) is 11.3. The normalized spacial score (nSPS) is 10.9. The zero-order valence-corrected chi connectivity index (χ0v) is 13.8. The Bertz CT molecular complexity index is 807. The van der Waals surface area contributed by atoms with E-state index in [2.05, 4.69) is 22.1 Å². The Morgan fingerprint density at radius 3 is 2.65 bits per heavy atom. The smallest absolute Gasteiger partial charge is 0.156 e. The second-order valence-corrected chi connectivity index (χ2v) is 5.77. The maximum absolute atomic E-state index is 6.29. The number of unbranched alkanes of at least 4 members (excludes halogenated alkanes) is 1. The van der Waals surface area contributed by atoms with E-state index in [4.69, 9.17) is 16.3 Å². The molecule has 0 aliphatic rings. The molecule has 3 rings (SSSR count). The van der Waals surface area contributed by atoms with E-state index in [0.717, 1.165) is 35.2 Å². The average molecular weight is 328 g/mol. The predicted molar refractivity (Wildman–Crippen MR) is 92.0 cm³/mol. The Morgan fingerprint density at radius 1 is 1.04 bits per heavy atom. The van der Waals surface area contributed by atoms with Crippen molar-refractivity contribution < 1.29 is 4.74 Å². The van der Waals surface area contributed by atoms with Gasteiger partial charge < -0.3 is 4.74 Å². The molecular formula is C18H18ClN3O. The van der Waals surface area contributed by atoms with Crippen molar-refractivity contribution in [3.63, 3.8) is 0 Å². The van der Waals surface area contributed by atoms with Gasteiger partial charge in [0.05, 0.1) is 17.1 Å². The number of hydrogen-bond acceptors (Lipinski definition) is 4. The van der Waals surface area contributed by atoms with Gasteiger partial charge >= 0.3 is 0 Å². The van der Waals surface area contributed by atoms with Gasteiger partial charge in [-0.2, -0.15) is 0 Å². The summed E-state index contributed by atoms with van der Waals surface area (Å²) in [5, 5.41) is 8.99. The molecule has 0 radical (unpaired) electrons. The molecule has 4 nitrogen and oxygen atoms in total. The van der Waals surface area contributed by atoms with Crippen LogP contribution in [0.25, 0.3) is 11.0 Å². The number of nitrogens with zero attached hydrogens (tertiary/aromatic N) is 3. The molecule has 0 fully saturated rings. The van der Waals surface area contributed by atoms with E-state index in [1.54, 1.807) is 0 Å². The molecule has 23 heavy (non-hydrogen) atoms. The highest BCUT2D eigenvalue weighted by atomic mass is 35.5. The number of halogens is 1. The van der Waals surface area contributed by atoms with Crippen molar-refractivity contribution in [2.24, 2.45) is 0 Å². The van der Waals surface area contributed by atoms with Crippen molar-refractivity contribution in [3.05, 3.63) is 58.9 Å². The summed E-state index contributed by atoms with van der Waals surface area (Å²) < 4.78 is 5.66. The van der Waals surface area contributed by atoms with Crippen LogP contribution in [0.5, 0.6) is 5.75 Å². The Hall–Kier alpha value is -2.20. The Morgan fingerprint density at radius 2 is 1.87 bits per heavy atom. The molecule has 118 valence electrons. The standard InChI is InChI=1S/C18H18ClN3O/c1-2-3-10-23-17-9-8-13(11-14(17)19)12-18-20-15-6-4-5-7-16(15)21-22-18/h4-9,11H,2-3,10,12H2,1H3. The molecule has 0 N–H and O–H groups in total. The summed E-state index contributed by atoms with van der Waals surface area (Å²) in [4.78, 5) is 4.54. The number of benzene rings is 2. The van der Waals surface area contributed by atoms with Crippen LogP contribution in [0, 0.1) is 0 Å². The van der Waals surface area contributed by atoms with Gasteiger partial charge in [-0.15, -0.1) is 10.2 Å². The van der Waals surface area contributed by atoms with Crippen LogP contribution in [0.3, 0.4) is 0 Å². The number of rotatable bonds is 6. The lowest BCUT2D eigenvalue weighted by Gasteiger charge is -2.09. The molecule has 0 aliphatic heterocycles. The highest BCUT2D eigenvalue weighted by Crippen LogP contribution is 2.26. The lowest BCUT2D eigenvalue weighted by molar-refractivity contribution is 0.309. The van der Waals surface area contributed by atoms with E-state index in [1.165, 1.54) is 0 Å². The minimum absolute atomic E-state index is 0.590. The molecule has 1 aromatic heterocycles. The molecule has 0 atom stereocenters. The van der Waals surface area contributed by atoms with Crippen LogP contribution in [0.2, 0.25) is 5.02 Å². The van der Waals surface area contributed by atoms with E-state index in [9.17, 15) is 0 Å². The van der Waals surface area contributed by atoms with Gasteiger partial charge in [0.2, 0.25) is 0 Å². The SMILES string of the molecule is CCCCOc1ccc(Cc2nnc3ccccc3n2)cc1Cl. The largest absolute Gasteiger partial charge is 0.492 e. The fourth-order valence-corrected chi connectivity index (χ4v) is 2.53. The van der Waals surface area contributed by atoms with Crippen molar-refractivity contribution in [2.45, 2.75) is 26.2 Å². The Kier molecular flexibility index (Phi) is 5.03. The second kappa shape index (κ2) is 7.38. The Balaban J connectivity index is 1.75. The van der Waals surface area contributed by atoms with E-state index in [1.807, 2.05) is 42.5 Å². The second-order valence-electron chi connectivity index (χ2n) is 5.36. The van der Waals surface area contributed by atoms with Crippen LogP contribution in [-0.2, 0) is 6.42 Å². The molecule has 5 heteroatoms. The summed E-state index contributed by atoms with van der Waals surface area (Å²) >= 11 is 6.29. The predicted octanol–water partition coefficient (Wildman–Crippen LogP) is 4.45. The molecule has 0 spiro atoms. The van der Waals surface area contributed by atoms with Crippen molar-refractivity contribution in [3.8, 4) is 5.75 Å². The molecule has 0 aliphatic carbocycles. The quantitative estimate of drug-likeness (QED) is 0.628. The van der Waals surface area contributed by atoms with Crippen LogP contribution in [0.15, 0.2) is 42.5 Å². The fourth-order valence-electron chi connectivity index (χ4n) is 2.27. The van der Waals surface area contributed by atoms with Crippen LogP contribution in [0.1, 0.15) is 31.2 Å². The zero-order chi connectivity index (χ0) is 16.1. The number of ether oxygens (including phenoxy) is 1. The van der Waals surface area contributed by atoms with Crippen molar-refractivity contribution in [2.75, 3.05) is 6.61 Å². The molecule has 2 aromatic carbocycles. The highest BCUT2D eigenvalue weighted by molar-refractivity contribution is 6.32.